The summed E-state index contributed by atoms with van der Waals surface area (Å²) in [6, 6.07) is 0. The van der Waals surface area contributed by atoms with Crippen molar-refractivity contribution in [2.45, 2.75) is 78.6 Å². The lowest BCUT2D eigenvalue weighted by atomic mass is 9.68. The smallest absolute Gasteiger partial charge is 0.192 e. The molecule has 1 nitrogen and oxygen atoms in total. The van der Waals surface area contributed by atoms with Gasteiger partial charge in [0.2, 0.25) is 0 Å². The van der Waals surface area contributed by atoms with E-state index in [0.29, 0.717) is 23.0 Å². The maximum Gasteiger partial charge on any atom is 0.192 e. The van der Waals surface area contributed by atoms with Crippen LogP contribution < -0.4 is 0 Å². The minimum absolute atomic E-state index is 0.313. The van der Waals surface area contributed by atoms with Crippen molar-refractivity contribution >= 4 is 8.32 Å². The van der Waals surface area contributed by atoms with Gasteiger partial charge in [-0.15, -0.1) is 0 Å². The average Bonchev–Trinajstić information content (AvgIpc) is 2.63. The summed E-state index contributed by atoms with van der Waals surface area (Å²) in [5.74, 6) is 3.05. The zero-order valence-electron chi connectivity index (χ0n) is 14.8. The summed E-state index contributed by atoms with van der Waals surface area (Å²) in [4.78, 5) is 0. The first kappa shape index (κ1) is 16.3. The van der Waals surface area contributed by atoms with Gasteiger partial charge in [-0.25, -0.2) is 0 Å². The molecule has 0 aromatic carbocycles. The molecule has 0 bridgehead atoms. The van der Waals surface area contributed by atoms with Crippen LogP contribution in [0.1, 0.15) is 54.4 Å². The Morgan fingerprint density at radius 2 is 1.80 bits per heavy atom. The molecule has 5 atom stereocenters. The maximum atomic E-state index is 6.83. The summed E-state index contributed by atoms with van der Waals surface area (Å²) in [7, 11) is -1.65. The summed E-state index contributed by atoms with van der Waals surface area (Å²) >= 11 is 0. The van der Waals surface area contributed by atoms with Gasteiger partial charge in [0.15, 0.2) is 8.32 Å². The summed E-state index contributed by atoms with van der Waals surface area (Å²) in [6.07, 6.45) is 5.64. The van der Waals surface area contributed by atoms with Crippen molar-refractivity contribution in [1.82, 2.24) is 0 Å². The van der Waals surface area contributed by atoms with E-state index in [1.54, 1.807) is 5.57 Å². The number of allylic oxidation sites excluding steroid dienone is 2. The van der Waals surface area contributed by atoms with E-state index in [2.05, 4.69) is 60.7 Å². The molecule has 20 heavy (non-hydrogen) atoms. The summed E-state index contributed by atoms with van der Waals surface area (Å²) in [5, 5.41) is 0.313. The number of rotatable bonds is 2. The van der Waals surface area contributed by atoms with Crippen molar-refractivity contribution in [1.29, 1.82) is 0 Å². The van der Waals surface area contributed by atoms with Gasteiger partial charge in [0.1, 0.15) is 0 Å². The van der Waals surface area contributed by atoms with E-state index in [0.717, 1.165) is 11.8 Å². The Bertz CT molecular complexity index is 391. The summed E-state index contributed by atoms with van der Waals surface area (Å²) in [6.45, 7) is 19.0. The van der Waals surface area contributed by atoms with Gasteiger partial charge >= 0.3 is 0 Å². The molecule has 1 saturated carbocycles. The second kappa shape index (κ2) is 5.28. The molecular formula is C18H34OSi. The van der Waals surface area contributed by atoms with Gasteiger partial charge in [0.05, 0.1) is 6.10 Å². The molecule has 0 N–H and O–H groups in total. The Morgan fingerprint density at radius 3 is 2.35 bits per heavy atom. The Balaban J connectivity index is 2.13. The topological polar surface area (TPSA) is 9.23 Å². The molecule has 2 aliphatic rings. The van der Waals surface area contributed by atoms with Crippen molar-refractivity contribution in [3.8, 4) is 0 Å². The van der Waals surface area contributed by atoms with E-state index < -0.39 is 8.32 Å². The highest BCUT2D eigenvalue weighted by Crippen LogP contribution is 2.49. The summed E-state index contributed by atoms with van der Waals surface area (Å²) in [5.41, 5.74) is 1.60. The van der Waals surface area contributed by atoms with E-state index in [1.807, 2.05) is 0 Å². The fourth-order valence-electron chi connectivity index (χ4n) is 3.96. The van der Waals surface area contributed by atoms with Gasteiger partial charge in [-0.2, -0.15) is 0 Å². The SMILES string of the molecule is CC1=CC2CC(C)C(O[Si](C)(C)C(C)(C)C)C(C)C2C1. The first-order chi connectivity index (χ1) is 9.03. The lowest BCUT2D eigenvalue weighted by molar-refractivity contribution is -0.00396. The second-order valence-corrected chi connectivity index (χ2v) is 13.7. The quantitative estimate of drug-likeness (QED) is 0.473. The summed E-state index contributed by atoms with van der Waals surface area (Å²) < 4.78 is 6.83. The van der Waals surface area contributed by atoms with Crippen molar-refractivity contribution < 1.29 is 4.43 Å². The van der Waals surface area contributed by atoms with Gasteiger partial charge in [0.25, 0.3) is 0 Å². The van der Waals surface area contributed by atoms with E-state index in [4.69, 9.17) is 4.43 Å². The standard InChI is InChI=1S/C18H34OSi/c1-12-9-15-11-13(2)17(14(3)16(15)10-12)19-20(7,8)18(4,5)6/h9,13-17H,10-11H2,1-8H3. The zero-order chi connectivity index (χ0) is 15.3. The molecule has 0 aromatic rings. The molecule has 1 fully saturated rings. The third kappa shape index (κ3) is 2.92. The number of fused-ring (bicyclic) bond motifs is 1. The maximum absolute atomic E-state index is 6.83. The molecule has 0 spiro atoms. The second-order valence-electron chi connectivity index (χ2n) is 8.96. The van der Waals surface area contributed by atoms with Gasteiger partial charge in [-0.05, 0) is 61.6 Å². The zero-order valence-corrected chi connectivity index (χ0v) is 15.8. The Hall–Kier alpha value is -0.0831. The Morgan fingerprint density at radius 1 is 1.20 bits per heavy atom. The molecule has 0 saturated heterocycles. The van der Waals surface area contributed by atoms with Crippen LogP contribution in [0.4, 0.5) is 0 Å². The van der Waals surface area contributed by atoms with E-state index in [-0.39, 0.29) is 0 Å². The number of hydrogen-bond acceptors (Lipinski definition) is 1. The molecule has 0 aliphatic heterocycles. The van der Waals surface area contributed by atoms with Crippen LogP contribution in [0.3, 0.4) is 0 Å². The molecule has 0 amide bonds. The molecule has 0 aromatic heterocycles. The van der Waals surface area contributed by atoms with Gasteiger partial charge in [-0.3, -0.25) is 0 Å². The van der Waals surface area contributed by atoms with Crippen molar-refractivity contribution in [3.63, 3.8) is 0 Å². The fourth-order valence-corrected chi connectivity index (χ4v) is 5.45. The highest BCUT2D eigenvalue weighted by molar-refractivity contribution is 6.74. The van der Waals surface area contributed by atoms with Crippen LogP contribution in [0.25, 0.3) is 0 Å². The molecule has 0 radical (unpaired) electrons. The lowest BCUT2D eigenvalue weighted by Gasteiger charge is -2.48. The molecule has 5 unspecified atom stereocenters. The molecular weight excluding hydrogens is 260 g/mol. The third-order valence-corrected chi connectivity index (χ3v) is 10.7. The predicted molar refractivity (Wildman–Crippen MR) is 90.4 cm³/mol. The monoisotopic (exact) mass is 294 g/mol. The molecule has 0 heterocycles. The molecule has 2 heteroatoms. The average molecular weight is 295 g/mol. The lowest BCUT2D eigenvalue weighted by Crippen LogP contribution is -2.50. The largest absolute Gasteiger partial charge is 0.413 e. The van der Waals surface area contributed by atoms with Crippen molar-refractivity contribution in [3.05, 3.63) is 11.6 Å². The van der Waals surface area contributed by atoms with Crippen LogP contribution in [0.5, 0.6) is 0 Å². The minimum Gasteiger partial charge on any atom is -0.413 e. The normalized spacial score (nSPS) is 38.6. The van der Waals surface area contributed by atoms with E-state index in [1.165, 1.54) is 12.8 Å². The fraction of sp³-hybridized carbons (Fsp3) is 0.889. The van der Waals surface area contributed by atoms with Crippen LogP contribution in [-0.4, -0.2) is 14.4 Å². The van der Waals surface area contributed by atoms with Crippen LogP contribution in [-0.2, 0) is 4.43 Å². The highest BCUT2D eigenvalue weighted by Gasteiger charge is 2.47. The van der Waals surface area contributed by atoms with Crippen LogP contribution in [0, 0.1) is 23.7 Å². The first-order valence-corrected chi connectivity index (χ1v) is 11.3. The van der Waals surface area contributed by atoms with Crippen LogP contribution in [0.15, 0.2) is 11.6 Å². The van der Waals surface area contributed by atoms with Gasteiger partial charge < -0.3 is 4.43 Å². The first-order valence-electron chi connectivity index (χ1n) is 8.38. The molecule has 116 valence electrons. The van der Waals surface area contributed by atoms with Gasteiger partial charge in [0, 0.05) is 0 Å². The molecule has 2 aliphatic carbocycles. The van der Waals surface area contributed by atoms with E-state index >= 15 is 0 Å². The van der Waals surface area contributed by atoms with Crippen molar-refractivity contribution in [2.75, 3.05) is 0 Å². The predicted octanol–water partition coefficient (Wildman–Crippen LogP) is 5.64. The Kier molecular flexibility index (Phi) is 4.30. The third-order valence-electron chi connectivity index (χ3n) is 6.24. The van der Waals surface area contributed by atoms with Gasteiger partial charge in [-0.1, -0.05) is 46.3 Å². The number of hydrogen-bond donors (Lipinski definition) is 0. The van der Waals surface area contributed by atoms with Crippen LogP contribution >= 0.6 is 0 Å². The van der Waals surface area contributed by atoms with E-state index in [9.17, 15) is 0 Å². The Labute approximate surface area is 127 Å². The van der Waals surface area contributed by atoms with Crippen molar-refractivity contribution in [2.24, 2.45) is 23.7 Å². The molecule has 2 rings (SSSR count). The highest BCUT2D eigenvalue weighted by atomic mass is 28.4. The van der Waals surface area contributed by atoms with Crippen LogP contribution in [0.2, 0.25) is 18.1 Å². The minimum atomic E-state index is -1.65.